The van der Waals surface area contributed by atoms with Gasteiger partial charge in [-0.05, 0) is 222 Å². The second-order valence-electron chi connectivity index (χ2n) is 43.1. The zero-order chi connectivity index (χ0) is 89.0. The first-order valence-electron chi connectivity index (χ1n) is 50.5. The largest absolute Gasteiger partial charge is 0.316 e. The molecule has 3 heteroatoms. The van der Waals surface area contributed by atoms with Crippen molar-refractivity contribution in [3.8, 4) is 0 Å². The minimum Gasteiger partial charge on any atom is -0.316 e. The maximum Gasteiger partial charge on any atom is 0.0239 e. The summed E-state index contributed by atoms with van der Waals surface area (Å²) in [5.41, 5.74) is 5.64. The SMILES string of the molecule is CC(C)C1(C(C)(C)C)CC1.CC(C)C1(C(C)C)CCC1.CC(C)C1(C(C)C)CCCC1.CC(C)C1(C(C)C)CCCCC1.CC(C)C1(C(C)C)CCCCCC1.CC(C)C1(C(C)C)CCN1.CC(C)C1(C(C)C)CCNC1.CC(C)C1(C(C)C)CNC1.CCC.CCC.CCC.CCC.CCC.CCC.CCC.CCC. The molecule has 0 radical (unpaired) electrons. The summed E-state index contributed by atoms with van der Waals surface area (Å²) in [4.78, 5) is 0. The molecule has 3 aliphatic heterocycles. The molecule has 3 nitrogen and oxygen atoms in total. The molecular weight excluding hydrogens is 1340 g/mol. The molecule has 8 fully saturated rings. The molecule has 8 rings (SSSR count). The zero-order valence-electron chi connectivity index (χ0n) is 88.4. The Kier molecular flexibility index (Phi) is 79.2. The molecule has 8 aliphatic rings. The van der Waals surface area contributed by atoms with Crippen LogP contribution in [-0.2, 0) is 0 Å². The quantitative estimate of drug-likeness (QED) is 0.143. The number of nitrogens with one attached hydrogen (secondary N) is 3. The minimum absolute atomic E-state index is 0.472. The molecule has 3 heterocycles. The predicted octanol–water partition coefficient (Wildman–Crippen LogP) is 37.2. The fraction of sp³-hybridized carbons (Fsp3) is 1.00. The predicted molar refractivity (Wildman–Crippen MR) is 525 cm³/mol. The molecule has 5 saturated carbocycles. The van der Waals surface area contributed by atoms with E-state index in [-0.39, 0.29) is 0 Å². The smallest absolute Gasteiger partial charge is 0.0239 e. The maximum atomic E-state index is 3.56. The molecular formula is C108H235N3. The first-order valence-corrected chi connectivity index (χ1v) is 50.5. The summed E-state index contributed by atoms with van der Waals surface area (Å²) in [6.07, 6.45) is 42.1. The van der Waals surface area contributed by atoms with Gasteiger partial charge in [-0.2, -0.15) is 0 Å². The van der Waals surface area contributed by atoms with Gasteiger partial charge in [-0.15, -0.1) is 0 Å². The van der Waals surface area contributed by atoms with Gasteiger partial charge in [-0.25, -0.2) is 0 Å². The van der Waals surface area contributed by atoms with Gasteiger partial charge in [0, 0.05) is 25.2 Å². The van der Waals surface area contributed by atoms with E-state index < -0.39 is 0 Å². The van der Waals surface area contributed by atoms with E-state index in [2.05, 4.69) is 355 Å². The summed E-state index contributed by atoms with van der Waals surface area (Å²) >= 11 is 0. The van der Waals surface area contributed by atoms with E-state index in [0.717, 1.165) is 94.2 Å². The van der Waals surface area contributed by atoms with Gasteiger partial charge < -0.3 is 16.0 Å². The zero-order valence-corrected chi connectivity index (χ0v) is 88.4. The lowest BCUT2D eigenvalue weighted by molar-refractivity contribution is 0.0135. The van der Waals surface area contributed by atoms with Crippen LogP contribution in [0.3, 0.4) is 0 Å². The van der Waals surface area contributed by atoms with Crippen molar-refractivity contribution in [3.05, 3.63) is 0 Å². The fourth-order valence-corrected chi connectivity index (χ4v) is 20.2. The normalized spacial score (nSPS) is 19.7. The molecule has 5 aliphatic carbocycles. The molecule has 0 aromatic heterocycles. The van der Waals surface area contributed by atoms with Crippen LogP contribution < -0.4 is 16.0 Å². The van der Waals surface area contributed by atoms with Crippen LogP contribution in [0.15, 0.2) is 0 Å². The maximum absolute atomic E-state index is 3.56. The van der Waals surface area contributed by atoms with E-state index in [1.165, 1.54) is 225 Å². The topological polar surface area (TPSA) is 36.1 Å². The van der Waals surface area contributed by atoms with Gasteiger partial charge in [-0.3, -0.25) is 0 Å². The Hall–Kier alpha value is -0.120. The highest BCUT2D eigenvalue weighted by atomic mass is 15.1. The summed E-state index contributed by atoms with van der Waals surface area (Å²) in [7, 11) is 0. The Labute approximate surface area is 713 Å². The van der Waals surface area contributed by atoms with E-state index in [4.69, 9.17) is 0 Å². The standard InChI is InChI=1S/C13H26.C12H24.C11H22.C10H21N.2C10H20.2C9H19N.8C3H8/c1-11(2)13(12(3)4)9-7-5-6-8-10-13;1-10(2)12(11(3)4)8-6-5-7-9-12;1-9(2)11(10(3)4)7-5-6-8-11;1-8(2)10(9(3)4)5-6-11-7-10;1-8(2)10(6-7-10)9(3,4)5;1-8(2)10(9(3)4)6-5-7-10;1-7(2)9(8(3)4)5-10-6-9;1-7(2)9(8(3)4)5-6-10-9;8*1-3-2/h11-12H,5-10H2,1-4H3;10-11H,5-9H2,1-4H3;9-10H,5-8H2,1-4H3;8-9,11H,5-7H2,1-4H3;8H,6-7H2,1-5H3;8-9H,5-7H2,1-4H3;2*7-8,10H,5-6H2,1-4H3;8*3H2,1-2H3. The Balaban J connectivity index is -0.000000175. The monoisotopic (exact) mass is 1570 g/mol. The Morgan fingerprint density at radius 2 is 0.387 bits per heavy atom. The van der Waals surface area contributed by atoms with E-state index in [1.54, 1.807) is 0 Å². The minimum atomic E-state index is 0.472. The third kappa shape index (κ3) is 45.9. The second kappa shape index (κ2) is 69.5. The summed E-state index contributed by atoms with van der Waals surface area (Å²) in [5.74, 6) is 12.7. The van der Waals surface area contributed by atoms with Crippen LogP contribution in [0, 0.1) is 132 Å². The van der Waals surface area contributed by atoms with Gasteiger partial charge in [0.2, 0.25) is 0 Å². The summed E-state index contributed by atoms with van der Waals surface area (Å²) < 4.78 is 0. The molecule has 111 heavy (non-hydrogen) atoms. The van der Waals surface area contributed by atoms with Crippen LogP contribution in [0.25, 0.3) is 0 Å². The van der Waals surface area contributed by atoms with Gasteiger partial charge in [0.1, 0.15) is 0 Å². The fourth-order valence-electron chi connectivity index (χ4n) is 20.2. The highest BCUT2D eigenvalue weighted by Crippen LogP contribution is 2.63. The third-order valence-corrected chi connectivity index (χ3v) is 29.0. The number of hydrogen-bond donors (Lipinski definition) is 3. The van der Waals surface area contributed by atoms with Gasteiger partial charge in [0.05, 0.1) is 0 Å². The van der Waals surface area contributed by atoms with E-state index in [1.807, 2.05) is 0 Å². The number of hydrogen-bond acceptors (Lipinski definition) is 3. The summed E-state index contributed by atoms with van der Waals surface area (Å²) in [5, 5.41) is 10.4. The lowest BCUT2D eigenvalue weighted by Crippen LogP contribution is -2.63. The Morgan fingerprint density at radius 1 is 0.198 bits per heavy atom. The van der Waals surface area contributed by atoms with Crippen molar-refractivity contribution < 1.29 is 0 Å². The van der Waals surface area contributed by atoms with Gasteiger partial charge in [0.25, 0.3) is 0 Å². The molecule has 0 unspecified atom stereocenters. The number of rotatable bonds is 15. The highest BCUT2D eigenvalue weighted by Gasteiger charge is 2.54. The lowest BCUT2D eigenvalue weighted by Gasteiger charge is -2.50. The average Bonchev–Trinajstić information content (AvgIpc) is 1.60. The van der Waals surface area contributed by atoms with Crippen LogP contribution in [-0.4, -0.2) is 38.3 Å². The molecule has 0 bridgehead atoms. The second-order valence-corrected chi connectivity index (χ2v) is 43.1. The van der Waals surface area contributed by atoms with Crippen molar-refractivity contribution in [2.45, 2.75) is 537 Å². The van der Waals surface area contributed by atoms with E-state index in [9.17, 15) is 0 Å². The lowest BCUT2D eigenvalue weighted by atomic mass is 9.56. The first-order chi connectivity index (χ1) is 51.4. The van der Waals surface area contributed by atoms with Crippen molar-refractivity contribution in [1.29, 1.82) is 0 Å². The Bertz CT molecular complexity index is 1660. The van der Waals surface area contributed by atoms with Crippen LogP contribution in [0.5, 0.6) is 0 Å². The van der Waals surface area contributed by atoms with Crippen molar-refractivity contribution in [3.63, 3.8) is 0 Å². The van der Waals surface area contributed by atoms with Crippen LogP contribution in [0.4, 0.5) is 0 Å². The van der Waals surface area contributed by atoms with Crippen LogP contribution in [0.2, 0.25) is 0 Å². The summed E-state index contributed by atoms with van der Waals surface area (Å²) in [6.45, 7) is 118. The highest BCUT2D eigenvalue weighted by molar-refractivity contribution is 5.04. The molecule has 0 aromatic rings. The molecule has 682 valence electrons. The molecule has 3 N–H and O–H groups in total. The van der Waals surface area contributed by atoms with Crippen molar-refractivity contribution in [2.75, 3.05) is 32.7 Å². The molecule has 0 aromatic carbocycles. The van der Waals surface area contributed by atoms with Crippen molar-refractivity contribution in [1.82, 2.24) is 16.0 Å². The average molecular weight is 1580 g/mol. The van der Waals surface area contributed by atoms with Gasteiger partial charge in [0.15, 0.2) is 0 Å². The molecule has 0 atom stereocenters. The van der Waals surface area contributed by atoms with Gasteiger partial charge >= 0.3 is 0 Å². The molecule has 0 amide bonds. The van der Waals surface area contributed by atoms with Gasteiger partial charge in [-0.1, -0.05) is 455 Å². The van der Waals surface area contributed by atoms with E-state index >= 15 is 0 Å². The molecule has 0 spiro atoms. The first kappa shape index (κ1) is 126. The summed E-state index contributed by atoms with van der Waals surface area (Å²) in [6, 6.07) is 0. The van der Waals surface area contributed by atoms with Crippen molar-refractivity contribution in [2.24, 2.45) is 132 Å². The van der Waals surface area contributed by atoms with Crippen LogP contribution >= 0.6 is 0 Å². The Morgan fingerprint density at radius 3 is 0.459 bits per heavy atom. The van der Waals surface area contributed by atoms with Crippen molar-refractivity contribution >= 4 is 0 Å². The molecule has 3 saturated heterocycles. The third-order valence-electron chi connectivity index (χ3n) is 29.0. The van der Waals surface area contributed by atoms with Crippen LogP contribution in [0.1, 0.15) is 532 Å². The van der Waals surface area contributed by atoms with E-state index in [0.29, 0.717) is 43.4 Å².